The minimum Gasteiger partial charge on any atom is -0.392 e. The van der Waals surface area contributed by atoms with Crippen LogP contribution in [0.15, 0.2) is 53.3 Å². The number of aromatic nitrogens is 3. The van der Waals surface area contributed by atoms with E-state index in [-0.39, 0.29) is 18.1 Å². The summed E-state index contributed by atoms with van der Waals surface area (Å²) in [5.74, 6) is -2.26. The van der Waals surface area contributed by atoms with Gasteiger partial charge >= 0.3 is 0 Å². The first-order valence-electron chi connectivity index (χ1n) is 9.83. The first-order chi connectivity index (χ1) is 15.3. The van der Waals surface area contributed by atoms with Gasteiger partial charge in [-0.1, -0.05) is 6.07 Å². The van der Waals surface area contributed by atoms with Crippen LogP contribution in [0.5, 0.6) is 0 Å². The van der Waals surface area contributed by atoms with E-state index in [0.29, 0.717) is 22.2 Å². The van der Waals surface area contributed by atoms with Crippen molar-refractivity contribution in [3.05, 3.63) is 81.9 Å². The lowest BCUT2D eigenvalue weighted by Crippen LogP contribution is -2.22. The molecule has 4 rings (SSSR count). The molecule has 32 heavy (non-hydrogen) atoms. The fraction of sp³-hybridized carbons (Fsp3) is 0.174. The van der Waals surface area contributed by atoms with Gasteiger partial charge in [-0.3, -0.25) is 9.36 Å². The van der Waals surface area contributed by atoms with Crippen LogP contribution in [0.1, 0.15) is 12.5 Å². The zero-order valence-corrected chi connectivity index (χ0v) is 17.2. The van der Waals surface area contributed by atoms with E-state index in [4.69, 9.17) is 0 Å². The Morgan fingerprint density at radius 1 is 1.06 bits per heavy atom. The summed E-state index contributed by atoms with van der Waals surface area (Å²) in [6.45, 7) is 3.35. The Bertz CT molecular complexity index is 1370. The number of rotatable bonds is 5. The molecule has 0 aliphatic heterocycles. The van der Waals surface area contributed by atoms with E-state index in [9.17, 15) is 23.1 Å². The molecule has 0 aliphatic rings. The van der Waals surface area contributed by atoms with Gasteiger partial charge in [-0.2, -0.15) is 4.98 Å². The third-order valence-electron chi connectivity index (χ3n) is 4.91. The van der Waals surface area contributed by atoms with Gasteiger partial charge in [0.15, 0.2) is 5.65 Å². The summed E-state index contributed by atoms with van der Waals surface area (Å²) < 4.78 is 43.7. The zero-order chi connectivity index (χ0) is 23.0. The molecule has 2 aromatic carbocycles. The van der Waals surface area contributed by atoms with E-state index in [1.807, 2.05) is 0 Å². The molecule has 0 aliphatic carbocycles. The summed E-state index contributed by atoms with van der Waals surface area (Å²) in [4.78, 5) is 21.5. The Kier molecular flexibility index (Phi) is 5.67. The van der Waals surface area contributed by atoms with Crippen molar-refractivity contribution in [2.24, 2.45) is 0 Å². The molecule has 1 atom stereocenters. The molecule has 0 unspecified atom stereocenters. The van der Waals surface area contributed by atoms with Crippen LogP contribution in [0.4, 0.5) is 19.1 Å². The number of aryl methyl sites for hydroxylation is 1. The molecule has 6 nitrogen and oxygen atoms in total. The Labute approximate surface area is 181 Å². The van der Waals surface area contributed by atoms with Gasteiger partial charge in [0.25, 0.3) is 5.56 Å². The molecule has 2 heterocycles. The quantitative estimate of drug-likeness (QED) is 0.491. The number of aliphatic hydroxyl groups excluding tert-OH is 1. The largest absolute Gasteiger partial charge is 0.392 e. The van der Waals surface area contributed by atoms with Gasteiger partial charge in [0, 0.05) is 23.6 Å². The predicted molar refractivity (Wildman–Crippen MR) is 115 cm³/mol. The molecule has 0 radical (unpaired) electrons. The van der Waals surface area contributed by atoms with E-state index in [1.54, 1.807) is 13.8 Å². The summed E-state index contributed by atoms with van der Waals surface area (Å²) in [5, 5.41) is 12.8. The molecule has 0 amide bonds. The first-order valence-corrected chi connectivity index (χ1v) is 9.83. The van der Waals surface area contributed by atoms with Gasteiger partial charge in [-0.15, -0.1) is 0 Å². The molecule has 0 fully saturated rings. The van der Waals surface area contributed by atoms with Crippen LogP contribution in [0, 0.1) is 24.4 Å². The molecule has 9 heteroatoms. The number of para-hydroxylation sites is 1. The summed E-state index contributed by atoms with van der Waals surface area (Å²) >= 11 is 0. The van der Waals surface area contributed by atoms with Crippen LogP contribution >= 0.6 is 0 Å². The normalized spacial score (nSPS) is 12.2. The number of halogens is 3. The number of fused-ring (bicyclic) bond motifs is 1. The summed E-state index contributed by atoms with van der Waals surface area (Å²) in [6.07, 6.45) is -0.729. The van der Waals surface area contributed by atoms with Gasteiger partial charge in [0.2, 0.25) is 5.95 Å². The van der Waals surface area contributed by atoms with Crippen LogP contribution in [0.2, 0.25) is 0 Å². The average Bonchev–Trinajstić information content (AvgIpc) is 2.73. The maximum Gasteiger partial charge on any atom is 0.256 e. The lowest BCUT2D eigenvalue weighted by atomic mass is 10.0. The van der Waals surface area contributed by atoms with E-state index in [1.165, 1.54) is 36.4 Å². The minimum atomic E-state index is -0.934. The monoisotopic (exact) mass is 440 g/mol. The molecule has 0 bridgehead atoms. The number of benzene rings is 2. The SMILES string of the molecule is Cc1cc(F)ccc1-c1nc(NC[C@@H](C)O)nc2c1ccc(=O)n2-c1c(F)cccc1F. The van der Waals surface area contributed by atoms with Crippen LogP contribution in [0.25, 0.3) is 28.0 Å². The topological polar surface area (TPSA) is 80.0 Å². The van der Waals surface area contributed by atoms with Crippen LogP contribution in [-0.4, -0.2) is 32.3 Å². The molecular formula is C23H19F3N4O2. The van der Waals surface area contributed by atoms with Crippen LogP contribution < -0.4 is 10.9 Å². The minimum absolute atomic E-state index is 0.0354. The van der Waals surface area contributed by atoms with Crippen molar-refractivity contribution >= 4 is 17.0 Å². The third kappa shape index (κ3) is 3.94. The lowest BCUT2D eigenvalue weighted by Gasteiger charge is -2.16. The van der Waals surface area contributed by atoms with Gasteiger partial charge in [0.05, 0.1) is 11.8 Å². The Morgan fingerprint density at radius 2 is 1.78 bits per heavy atom. The maximum atomic E-state index is 14.6. The second kappa shape index (κ2) is 8.43. The highest BCUT2D eigenvalue weighted by Crippen LogP contribution is 2.31. The molecule has 2 N–H and O–H groups in total. The molecule has 4 aromatic rings. The smallest absolute Gasteiger partial charge is 0.256 e. The van der Waals surface area contributed by atoms with E-state index < -0.39 is 34.8 Å². The Hall–Kier alpha value is -3.72. The number of aliphatic hydroxyl groups is 1. The molecule has 0 saturated heterocycles. The van der Waals surface area contributed by atoms with Crippen molar-refractivity contribution in [2.45, 2.75) is 20.0 Å². The van der Waals surface area contributed by atoms with E-state index in [2.05, 4.69) is 15.3 Å². The standard InChI is InChI=1S/C23H19F3N4O2/c1-12-10-14(24)6-7-15(12)20-16-8-9-19(32)30(21-17(25)4-3-5-18(21)26)22(16)29-23(28-20)27-11-13(2)31/h3-10,13,31H,11H2,1-2H3,(H,27,28,29)/t13-/m1/s1. The van der Waals surface area contributed by atoms with E-state index in [0.717, 1.165) is 16.7 Å². The fourth-order valence-electron chi connectivity index (χ4n) is 3.45. The number of anilines is 1. The van der Waals surface area contributed by atoms with Gasteiger partial charge in [0.1, 0.15) is 23.1 Å². The number of hydrogen-bond donors (Lipinski definition) is 2. The summed E-state index contributed by atoms with van der Waals surface area (Å²) in [6, 6.07) is 10.0. The number of nitrogens with one attached hydrogen (secondary N) is 1. The van der Waals surface area contributed by atoms with Crippen molar-refractivity contribution in [3.63, 3.8) is 0 Å². The molecule has 0 spiro atoms. The van der Waals surface area contributed by atoms with Crippen molar-refractivity contribution in [1.82, 2.24) is 14.5 Å². The molecule has 164 valence electrons. The number of nitrogens with zero attached hydrogens (tertiary/aromatic N) is 3. The van der Waals surface area contributed by atoms with Gasteiger partial charge < -0.3 is 10.4 Å². The van der Waals surface area contributed by atoms with Gasteiger partial charge in [-0.25, -0.2) is 18.2 Å². The lowest BCUT2D eigenvalue weighted by molar-refractivity contribution is 0.208. The second-order valence-corrected chi connectivity index (χ2v) is 7.40. The van der Waals surface area contributed by atoms with Crippen molar-refractivity contribution in [2.75, 3.05) is 11.9 Å². The van der Waals surface area contributed by atoms with E-state index >= 15 is 0 Å². The maximum absolute atomic E-state index is 14.6. The average molecular weight is 440 g/mol. The molecular weight excluding hydrogens is 421 g/mol. The highest BCUT2D eigenvalue weighted by molar-refractivity contribution is 5.93. The Morgan fingerprint density at radius 3 is 2.44 bits per heavy atom. The van der Waals surface area contributed by atoms with Crippen LogP contribution in [0.3, 0.4) is 0 Å². The van der Waals surface area contributed by atoms with Crippen molar-refractivity contribution in [3.8, 4) is 16.9 Å². The first kappa shape index (κ1) is 21.5. The van der Waals surface area contributed by atoms with Gasteiger partial charge in [-0.05, 0) is 55.8 Å². The number of hydrogen-bond acceptors (Lipinski definition) is 5. The fourth-order valence-corrected chi connectivity index (χ4v) is 3.45. The highest BCUT2D eigenvalue weighted by Gasteiger charge is 2.20. The Balaban J connectivity index is 2.09. The predicted octanol–water partition coefficient (Wildman–Crippen LogP) is 3.97. The molecule has 0 saturated carbocycles. The third-order valence-corrected chi connectivity index (χ3v) is 4.91. The zero-order valence-electron chi connectivity index (χ0n) is 17.2. The highest BCUT2D eigenvalue weighted by atomic mass is 19.1. The van der Waals surface area contributed by atoms with Crippen molar-refractivity contribution in [1.29, 1.82) is 0 Å². The van der Waals surface area contributed by atoms with Crippen molar-refractivity contribution < 1.29 is 18.3 Å². The second-order valence-electron chi connectivity index (χ2n) is 7.40. The number of pyridine rings is 1. The van der Waals surface area contributed by atoms with Crippen LogP contribution in [-0.2, 0) is 0 Å². The summed E-state index contributed by atoms with van der Waals surface area (Å²) in [5.41, 5.74) is 0.169. The molecule has 2 aromatic heterocycles. The summed E-state index contributed by atoms with van der Waals surface area (Å²) in [7, 11) is 0.